The Morgan fingerprint density at radius 3 is 2.52 bits per heavy atom. The summed E-state index contributed by atoms with van der Waals surface area (Å²) in [5, 5.41) is 6.26. The number of anilines is 1. The van der Waals surface area contributed by atoms with Crippen LogP contribution < -0.4 is 15.4 Å². The van der Waals surface area contributed by atoms with E-state index < -0.39 is 29.6 Å². The lowest BCUT2D eigenvalue weighted by Crippen LogP contribution is -2.57. The molecule has 2 N–H and O–H groups in total. The number of hydrogen-bond acceptors (Lipinski definition) is 5. The van der Waals surface area contributed by atoms with Crippen LogP contribution in [0, 0.1) is 23.7 Å². The van der Waals surface area contributed by atoms with Crippen molar-refractivity contribution in [3.8, 4) is 5.75 Å². The van der Waals surface area contributed by atoms with Crippen LogP contribution in [0.1, 0.15) is 38.7 Å². The van der Waals surface area contributed by atoms with Gasteiger partial charge in [-0.15, -0.1) is 0 Å². The summed E-state index contributed by atoms with van der Waals surface area (Å²) in [6.45, 7) is 4.69. The van der Waals surface area contributed by atoms with Gasteiger partial charge < -0.3 is 25.0 Å². The van der Waals surface area contributed by atoms with E-state index >= 15 is 0 Å². The second-order valence-electron chi connectivity index (χ2n) is 11.8. The second-order valence-corrected chi connectivity index (χ2v) is 11.8. The van der Waals surface area contributed by atoms with Crippen molar-refractivity contribution >= 4 is 23.4 Å². The highest BCUT2D eigenvalue weighted by Crippen LogP contribution is 2.55. The molecule has 1 saturated carbocycles. The van der Waals surface area contributed by atoms with Gasteiger partial charge in [0.2, 0.25) is 17.7 Å². The number of ether oxygens (including phenoxy) is 2. The summed E-state index contributed by atoms with van der Waals surface area (Å²) >= 11 is 0. The first kappa shape index (κ1) is 26.6. The zero-order valence-electron chi connectivity index (χ0n) is 23.2. The molecule has 6 unspecified atom stereocenters. The average Bonchev–Trinajstić information content (AvgIpc) is 3.60. The van der Waals surface area contributed by atoms with Crippen LogP contribution in [0.5, 0.6) is 5.75 Å². The highest BCUT2D eigenvalue weighted by Gasteiger charge is 2.72. The maximum absolute atomic E-state index is 14.2. The third-order valence-electron chi connectivity index (χ3n) is 9.51. The van der Waals surface area contributed by atoms with Crippen molar-refractivity contribution in [1.82, 2.24) is 10.2 Å². The van der Waals surface area contributed by atoms with Gasteiger partial charge >= 0.3 is 0 Å². The van der Waals surface area contributed by atoms with Crippen LogP contribution >= 0.6 is 0 Å². The van der Waals surface area contributed by atoms with Crippen molar-refractivity contribution < 1.29 is 23.9 Å². The van der Waals surface area contributed by atoms with Crippen molar-refractivity contribution in [1.29, 1.82) is 0 Å². The third kappa shape index (κ3) is 4.38. The number of methoxy groups -OCH3 is 1. The summed E-state index contributed by atoms with van der Waals surface area (Å²) in [7, 11) is 1.58. The van der Waals surface area contributed by atoms with Crippen molar-refractivity contribution in [2.75, 3.05) is 12.4 Å². The summed E-state index contributed by atoms with van der Waals surface area (Å²) in [6.07, 6.45) is 6.27. The number of amides is 3. The minimum atomic E-state index is -1.19. The van der Waals surface area contributed by atoms with Gasteiger partial charge in [-0.2, -0.15) is 0 Å². The maximum atomic E-state index is 14.2. The number of fused-ring (bicyclic) bond motifs is 1. The molecule has 2 aromatic rings. The molecule has 1 aliphatic carbocycles. The number of carbonyl (C=O) groups excluding carboxylic acids is 3. The Morgan fingerprint density at radius 1 is 1.05 bits per heavy atom. The van der Waals surface area contributed by atoms with Gasteiger partial charge in [-0.25, -0.2) is 0 Å². The Morgan fingerprint density at radius 2 is 1.80 bits per heavy atom. The van der Waals surface area contributed by atoms with Crippen molar-refractivity contribution in [2.24, 2.45) is 23.7 Å². The van der Waals surface area contributed by atoms with Crippen LogP contribution in [0.4, 0.5) is 5.69 Å². The molecular weight excluding hydrogens is 506 g/mol. The smallest absolute Gasteiger partial charge is 0.246 e. The van der Waals surface area contributed by atoms with E-state index in [-0.39, 0.29) is 30.3 Å². The van der Waals surface area contributed by atoms with Gasteiger partial charge in [-0.3, -0.25) is 14.4 Å². The van der Waals surface area contributed by atoms with E-state index in [1.54, 1.807) is 36.3 Å². The first-order valence-corrected chi connectivity index (χ1v) is 14.3. The van der Waals surface area contributed by atoms with Crippen LogP contribution in [0.2, 0.25) is 0 Å². The first-order chi connectivity index (χ1) is 19.3. The van der Waals surface area contributed by atoms with Crippen LogP contribution in [0.15, 0.2) is 66.7 Å². The molecule has 8 atom stereocenters. The molecule has 3 amide bonds. The minimum absolute atomic E-state index is 0.0390. The molecule has 2 saturated heterocycles. The third-order valence-corrected chi connectivity index (χ3v) is 9.51. The Labute approximate surface area is 235 Å². The van der Waals surface area contributed by atoms with Crippen LogP contribution in [-0.4, -0.2) is 53.5 Å². The fourth-order valence-electron chi connectivity index (χ4n) is 7.17. The molecule has 3 fully saturated rings. The number of rotatable bonds is 7. The zero-order chi connectivity index (χ0) is 28.0. The molecule has 8 nitrogen and oxygen atoms in total. The van der Waals surface area contributed by atoms with Crippen LogP contribution in [0.3, 0.4) is 0 Å². The molecule has 3 heterocycles. The maximum Gasteiger partial charge on any atom is 0.246 e. The largest absolute Gasteiger partial charge is 0.497 e. The van der Waals surface area contributed by atoms with Gasteiger partial charge in [-0.1, -0.05) is 69.2 Å². The number of nitrogens with one attached hydrogen (secondary N) is 2. The van der Waals surface area contributed by atoms with E-state index in [2.05, 4.69) is 24.5 Å². The van der Waals surface area contributed by atoms with Crippen molar-refractivity contribution in [3.05, 3.63) is 72.3 Å². The predicted octanol–water partition coefficient (Wildman–Crippen LogP) is 3.93. The normalized spacial score (nSPS) is 34.0. The summed E-state index contributed by atoms with van der Waals surface area (Å²) in [5.74, 6) is -0.733. The van der Waals surface area contributed by atoms with E-state index in [9.17, 15) is 14.4 Å². The Balaban J connectivity index is 1.31. The molecule has 2 aromatic carbocycles. The molecule has 0 radical (unpaired) electrons. The lowest BCUT2D eigenvalue weighted by molar-refractivity contribution is -0.142. The molecule has 1 spiro atoms. The fraction of sp³-hybridized carbons (Fsp3) is 0.469. The van der Waals surface area contributed by atoms with Gasteiger partial charge in [-0.05, 0) is 48.1 Å². The molecule has 3 aliphatic heterocycles. The molecule has 0 aromatic heterocycles. The van der Waals surface area contributed by atoms with E-state index in [4.69, 9.17) is 9.47 Å². The molecule has 6 rings (SSSR count). The molecule has 4 aliphatic rings. The number of carbonyl (C=O) groups is 3. The van der Waals surface area contributed by atoms with Gasteiger partial charge in [0.15, 0.2) is 0 Å². The summed E-state index contributed by atoms with van der Waals surface area (Å²) in [5.41, 5.74) is 0.335. The van der Waals surface area contributed by atoms with Gasteiger partial charge in [0, 0.05) is 18.3 Å². The standard InChI is InChI=1S/C32H37N3O5/c1-19-8-7-11-24(20(19)2)34-30(37)28-32-17-16-25(40-32)26(29(36)33-22-12-14-23(39-3)15-13-22)27(32)31(38)35(28)18-21-9-5-4-6-10-21/h4-6,9-10,12-17,19-20,24-28H,7-8,11,18H2,1-3H3,(H,33,36)(H,34,37)/t19?,20?,24?,25-,26?,27-,28?,32?/m0/s1. The van der Waals surface area contributed by atoms with E-state index in [0.717, 1.165) is 24.8 Å². The van der Waals surface area contributed by atoms with Crippen LogP contribution in [-0.2, 0) is 25.7 Å². The average molecular weight is 544 g/mol. The monoisotopic (exact) mass is 543 g/mol. The first-order valence-electron chi connectivity index (χ1n) is 14.3. The van der Waals surface area contributed by atoms with E-state index in [0.29, 0.717) is 23.3 Å². The topological polar surface area (TPSA) is 97.0 Å². The second kappa shape index (κ2) is 10.4. The number of nitrogens with zero attached hydrogens (tertiary/aromatic N) is 1. The SMILES string of the molecule is COc1ccc(NC(=O)C2[C@@H]3C=CC4(O3)C(C(=O)NC3CCCC(C)C3C)N(Cc3ccccc3)C(=O)[C@H]24)cc1. The van der Waals surface area contributed by atoms with E-state index in [1.807, 2.05) is 42.5 Å². The van der Waals surface area contributed by atoms with E-state index in [1.165, 1.54) is 0 Å². The molecule has 210 valence electrons. The fourth-order valence-corrected chi connectivity index (χ4v) is 7.17. The number of hydrogen-bond donors (Lipinski definition) is 2. The Hall–Kier alpha value is -3.65. The van der Waals surface area contributed by atoms with Gasteiger partial charge in [0.25, 0.3) is 0 Å². The minimum Gasteiger partial charge on any atom is -0.497 e. The van der Waals surface area contributed by atoms with Gasteiger partial charge in [0.05, 0.1) is 25.0 Å². The van der Waals surface area contributed by atoms with Gasteiger partial charge in [0.1, 0.15) is 17.4 Å². The summed E-state index contributed by atoms with van der Waals surface area (Å²) < 4.78 is 11.7. The Bertz CT molecular complexity index is 1310. The quantitative estimate of drug-likeness (QED) is 0.516. The zero-order valence-corrected chi connectivity index (χ0v) is 23.2. The number of benzene rings is 2. The number of likely N-dealkylation sites (tertiary alicyclic amines) is 1. The molecule has 8 heteroatoms. The Kier molecular flexibility index (Phi) is 6.90. The molecular formula is C32H37N3O5. The van der Waals surface area contributed by atoms with Crippen molar-refractivity contribution in [2.45, 2.75) is 63.4 Å². The van der Waals surface area contributed by atoms with Crippen molar-refractivity contribution in [3.63, 3.8) is 0 Å². The lowest BCUT2D eigenvalue weighted by atomic mass is 9.73. The molecule has 40 heavy (non-hydrogen) atoms. The highest BCUT2D eigenvalue weighted by molar-refractivity contribution is 6.02. The van der Waals surface area contributed by atoms with Crippen LogP contribution in [0.25, 0.3) is 0 Å². The lowest BCUT2D eigenvalue weighted by Gasteiger charge is -2.38. The predicted molar refractivity (Wildman–Crippen MR) is 150 cm³/mol. The molecule has 2 bridgehead atoms. The highest BCUT2D eigenvalue weighted by atomic mass is 16.5. The summed E-state index contributed by atoms with van der Waals surface area (Å²) in [4.78, 5) is 43.6. The summed E-state index contributed by atoms with van der Waals surface area (Å²) in [6, 6.07) is 15.9.